The summed E-state index contributed by atoms with van der Waals surface area (Å²) in [4.78, 5) is 34.1. The average molecular weight is 450 g/mol. The summed E-state index contributed by atoms with van der Waals surface area (Å²) in [6, 6.07) is 11.6. The Kier molecular flexibility index (Phi) is 6.28. The van der Waals surface area contributed by atoms with Crippen molar-refractivity contribution in [2.75, 3.05) is 19.6 Å². The number of ether oxygens (including phenoxy) is 1. The lowest BCUT2D eigenvalue weighted by Crippen LogP contribution is -2.44. The van der Waals surface area contributed by atoms with Gasteiger partial charge in [-0.05, 0) is 49.4 Å². The number of aryl methyl sites for hydroxylation is 1. The van der Waals surface area contributed by atoms with E-state index in [-0.39, 0.29) is 29.7 Å². The molecule has 2 aromatic heterocycles. The molecule has 1 aromatic carbocycles. The predicted molar refractivity (Wildman–Crippen MR) is 126 cm³/mol. The van der Waals surface area contributed by atoms with E-state index in [4.69, 9.17) is 4.74 Å². The molecule has 0 unspecified atom stereocenters. The van der Waals surface area contributed by atoms with Crippen molar-refractivity contribution in [3.8, 4) is 0 Å². The summed E-state index contributed by atoms with van der Waals surface area (Å²) in [5.74, 6) is -0.0528. The van der Waals surface area contributed by atoms with Gasteiger partial charge in [0, 0.05) is 51.5 Å². The summed E-state index contributed by atoms with van der Waals surface area (Å²) < 4.78 is 8.07. The molecular weight excluding hydrogens is 418 g/mol. The third kappa shape index (κ3) is 5.02. The van der Waals surface area contributed by atoms with Crippen LogP contribution >= 0.6 is 0 Å². The Labute approximate surface area is 193 Å². The van der Waals surface area contributed by atoms with Gasteiger partial charge >= 0.3 is 5.69 Å². The van der Waals surface area contributed by atoms with Crippen molar-refractivity contribution >= 4 is 16.9 Å². The molecule has 1 atom stereocenters. The van der Waals surface area contributed by atoms with E-state index in [1.807, 2.05) is 42.7 Å². The number of hydrogen-bond donors (Lipinski definition) is 2. The van der Waals surface area contributed by atoms with Gasteiger partial charge in [-0.15, -0.1) is 0 Å². The second-order valence-corrected chi connectivity index (χ2v) is 9.25. The first-order valence-corrected chi connectivity index (χ1v) is 11.8. The average Bonchev–Trinajstić information content (AvgIpc) is 3.38. The first kappa shape index (κ1) is 21.9. The van der Waals surface area contributed by atoms with Gasteiger partial charge in [-0.1, -0.05) is 18.2 Å². The lowest BCUT2D eigenvalue weighted by Gasteiger charge is -2.39. The van der Waals surface area contributed by atoms with Crippen molar-refractivity contribution in [2.45, 2.75) is 56.9 Å². The number of aromatic amines is 1. The molecule has 2 aliphatic rings. The summed E-state index contributed by atoms with van der Waals surface area (Å²) in [7, 11) is 0. The molecule has 2 saturated heterocycles. The van der Waals surface area contributed by atoms with Crippen LogP contribution in [0.15, 0.2) is 53.6 Å². The lowest BCUT2D eigenvalue weighted by molar-refractivity contribution is -0.123. The van der Waals surface area contributed by atoms with Crippen LogP contribution in [0.3, 0.4) is 0 Å². The van der Waals surface area contributed by atoms with Crippen molar-refractivity contribution in [1.82, 2.24) is 24.8 Å². The van der Waals surface area contributed by atoms with E-state index in [2.05, 4.69) is 26.3 Å². The fourth-order valence-electron chi connectivity index (χ4n) is 5.13. The number of carbonyl (C=O) groups excluding carboxylic acids is 1. The molecule has 0 aliphatic carbocycles. The minimum atomic E-state index is -0.181. The van der Waals surface area contributed by atoms with Crippen LogP contribution in [-0.2, 0) is 22.6 Å². The molecule has 33 heavy (non-hydrogen) atoms. The third-order valence-electron chi connectivity index (χ3n) is 7.01. The van der Waals surface area contributed by atoms with E-state index >= 15 is 0 Å². The van der Waals surface area contributed by atoms with Gasteiger partial charge < -0.3 is 15.0 Å². The Hall–Kier alpha value is -2.97. The Morgan fingerprint density at radius 1 is 1.18 bits per heavy atom. The molecule has 8 heteroatoms. The van der Waals surface area contributed by atoms with Crippen LogP contribution in [0.2, 0.25) is 0 Å². The first-order chi connectivity index (χ1) is 16.1. The van der Waals surface area contributed by atoms with Crippen LogP contribution in [0.25, 0.3) is 11.0 Å². The minimum Gasteiger partial charge on any atom is -0.370 e. The fourth-order valence-corrected chi connectivity index (χ4v) is 5.13. The number of benzene rings is 1. The molecule has 8 nitrogen and oxygen atoms in total. The van der Waals surface area contributed by atoms with Crippen LogP contribution in [0.5, 0.6) is 0 Å². The van der Waals surface area contributed by atoms with Crippen molar-refractivity contribution < 1.29 is 9.53 Å². The molecule has 4 heterocycles. The summed E-state index contributed by atoms with van der Waals surface area (Å²) in [5, 5.41) is 3.01. The van der Waals surface area contributed by atoms with Crippen LogP contribution in [0.1, 0.15) is 37.7 Å². The Balaban J connectivity index is 1.06. The zero-order valence-corrected chi connectivity index (χ0v) is 18.8. The number of H-pyrrole nitrogens is 1. The summed E-state index contributed by atoms with van der Waals surface area (Å²) in [6.07, 6.45) is 8.16. The quantitative estimate of drug-likeness (QED) is 0.578. The number of amides is 1. The number of hydrogen-bond acceptors (Lipinski definition) is 5. The van der Waals surface area contributed by atoms with E-state index in [1.54, 1.807) is 4.57 Å². The lowest BCUT2D eigenvalue weighted by atomic mass is 9.88. The molecule has 2 aliphatic heterocycles. The minimum absolute atomic E-state index is 0.0435. The molecule has 1 amide bonds. The number of nitrogens with one attached hydrogen (secondary N) is 2. The van der Waals surface area contributed by atoms with Crippen LogP contribution in [-0.4, -0.2) is 56.7 Å². The standard InChI is InChI=1S/C25H31N5O3/c31-23(8-13-30-22-6-2-1-5-21(22)28-24(30)32)27-17-20-7-9-25(33-20)10-14-29(15-11-25)18-19-4-3-12-26-16-19/h1-6,12,16,20H,7-11,13-15,17-18H2,(H,27,31)(H,28,32)/t20-/m0/s1. The van der Waals surface area contributed by atoms with Gasteiger partial charge in [0.15, 0.2) is 0 Å². The van der Waals surface area contributed by atoms with Gasteiger partial charge in [0.1, 0.15) is 0 Å². The Bertz CT molecular complexity index is 1150. The van der Waals surface area contributed by atoms with E-state index in [9.17, 15) is 9.59 Å². The molecule has 2 N–H and O–H groups in total. The maximum atomic E-state index is 12.4. The van der Waals surface area contributed by atoms with Gasteiger partial charge in [-0.3, -0.25) is 19.2 Å². The highest BCUT2D eigenvalue weighted by molar-refractivity contribution is 5.77. The Morgan fingerprint density at radius 3 is 2.85 bits per heavy atom. The van der Waals surface area contributed by atoms with E-state index in [1.165, 1.54) is 5.56 Å². The predicted octanol–water partition coefficient (Wildman–Crippen LogP) is 2.44. The summed E-state index contributed by atoms with van der Waals surface area (Å²) in [5.41, 5.74) is 2.64. The van der Waals surface area contributed by atoms with Gasteiger partial charge in [-0.2, -0.15) is 0 Å². The van der Waals surface area contributed by atoms with Gasteiger partial charge in [0.2, 0.25) is 5.91 Å². The number of nitrogens with zero attached hydrogens (tertiary/aromatic N) is 3. The number of likely N-dealkylation sites (tertiary alicyclic amines) is 1. The maximum Gasteiger partial charge on any atom is 0.326 e. The molecule has 3 aromatic rings. The van der Waals surface area contributed by atoms with E-state index in [0.29, 0.717) is 13.1 Å². The number of piperidine rings is 1. The van der Waals surface area contributed by atoms with Gasteiger partial charge in [0.25, 0.3) is 0 Å². The zero-order chi connectivity index (χ0) is 22.7. The van der Waals surface area contributed by atoms with Crippen molar-refractivity contribution in [3.63, 3.8) is 0 Å². The number of fused-ring (bicyclic) bond motifs is 1. The molecule has 0 saturated carbocycles. The van der Waals surface area contributed by atoms with Gasteiger partial charge in [-0.25, -0.2) is 4.79 Å². The number of imidazole rings is 1. The summed E-state index contributed by atoms with van der Waals surface area (Å²) in [6.45, 7) is 3.86. The molecule has 5 rings (SSSR count). The summed E-state index contributed by atoms with van der Waals surface area (Å²) >= 11 is 0. The smallest absolute Gasteiger partial charge is 0.326 e. The monoisotopic (exact) mass is 449 g/mol. The number of aromatic nitrogens is 3. The highest BCUT2D eigenvalue weighted by Gasteiger charge is 2.42. The SMILES string of the molecule is O=C(CCn1c(=O)[nH]c2ccccc21)NC[C@@H]1CCC2(CCN(Cc3cccnc3)CC2)O1. The normalized spacial score (nSPS) is 20.4. The highest BCUT2D eigenvalue weighted by atomic mass is 16.5. The van der Waals surface area contributed by atoms with E-state index in [0.717, 1.165) is 56.4 Å². The number of carbonyl (C=O) groups is 1. The largest absolute Gasteiger partial charge is 0.370 e. The van der Waals surface area contributed by atoms with Crippen LogP contribution in [0.4, 0.5) is 0 Å². The Morgan fingerprint density at radius 2 is 2.03 bits per heavy atom. The second-order valence-electron chi connectivity index (χ2n) is 9.25. The van der Waals surface area contributed by atoms with E-state index < -0.39 is 0 Å². The zero-order valence-electron chi connectivity index (χ0n) is 18.8. The highest BCUT2D eigenvalue weighted by Crippen LogP contribution is 2.39. The van der Waals surface area contributed by atoms with Crippen molar-refractivity contribution in [1.29, 1.82) is 0 Å². The van der Waals surface area contributed by atoms with Crippen LogP contribution in [0, 0.1) is 0 Å². The van der Waals surface area contributed by atoms with Crippen LogP contribution < -0.4 is 11.0 Å². The molecule has 1 spiro atoms. The third-order valence-corrected chi connectivity index (χ3v) is 7.01. The number of rotatable bonds is 7. The molecule has 0 radical (unpaired) electrons. The molecule has 174 valence electrons. The molecular formula is C25H31N5O3. The molecule has 2 fully saturated rings. The number of para-hydroxylation sites is 2. The van der Waals surface area contributed by atoms with Gasteiger partial charge in [0.05, 0.1) is 22.7 Å². The number of pyridine rings is 1. The van der Waals surface area contributed by atoms with Crippen molar-refractivity contribution in [2.24, 2.45) is 0 Å². The fraction of sp³-hybridized carbons (Fsp3) is 0.480. The molecule has 0 bridgehead atoms. The van der Waals surface area contributed by atoms with Crippen molar-refractivity contribution in [3.05, 3.63) is 64.8 Å². The maximum absolute atomic E-state index is 12.4. The first-order valence-electron chi connectivity index (χ1n) is 11.8. The topological polar surface area (TPSA) is 92.2 Å². The second kappa shape index (κ2) is 9.49.